The molecule has 1 heterocycles. The number of sulfonamides is 1. The molecule has 1 aliphatic heterocycles. The first-order chi connectivity index (χ1) is 6.93. The van der Waals surface area contributed by atoms with Crippen LogP contribution in [0.5, 0.6) is 0 Å². The van der Waals surface area contributed by atoms with Gasteiger partial charge in [0.1, 0.15) is 0 Å². The lowest BCUT2D eigenvalue weighted by molar-refractivity contribution is 0.453. The van der Waals surface area contributed by atoms with Gasteiger partial charge in [-0.25, -0.2) is 13.1 Å². The zero-order valence-corrected chi connectivity index (χ0v) is 10.6. The first kappa shape index (κ1) is 12.9. The predicted octanol–water partition coefficient (Wildman–Crippen LogP) is 0.702. The molecule has 1 rings (SSSR count). The number of hydrogen-bond donors (Lipinski definition) is 2. The van der Waals surface area contributed by atoms with Crippen molar-refractivity contribution in [1.29, 1.82) is 0 Å². The molecule has 4 nitrogen and oxygen atoms in total. The van der Waals surface area contributed by atoms with E-state index in [1.54, 1.807) is 0 Å². The van der Waals surface area contributed by atoms with E-state index in [1.165, 1.54) is 0 Å². The van der Waals surface area contributed by atoms with Crippen molar-refractivity contribution in [3.63, 3.8) is 0 Å². The Morgan fingerprint density at radius 1 is 1.33 bits per heavy atom. The normalized spacial score (nSPS) is 25.5. The minimum atomic E-state index is -3.14. The summed E-state index contributed by atoms with van der Waals surface area (Å²) in [4.78, 5) is 0. The van der Waals surface area contributed by atoms with Gasteiger partial charge in [-0.05, 0) is 32.2 Å². The van der Waals surface area contributed by atoms with Crippen LogP contribution in [0, 0.1) is 5.92 Å². The van der Waals surface area contributed by atoms with Gasteiger partial charge in [0.2, 0.25) is 10.0 Å². The molecule has 90 valence electrons. The van der Waals surface area contributed by atoms with Gasteiger partial charge in [-0.1, -0.05) is 13.8 Å². The zero-order chi connectivity index (χ0) is 11.5. The van der Waals surface area contributed by atoms with E-state index < -0.39 is 10.0 Å². The standard InChI is InChI=1S/C10H22N2O2S/c1-8(2)9(3)12-15(13,14)10-5-4-6-11-7-10/h8-12H,4-7H2,1-3H3. The second-order valence-corrected chi connectivity index (χ2v) is 6.66. The maximum Gasteiger partial charge on any atom is 0.215 e. The highest BCUT2D eigenvalue weighted by Gasteiger charge is 2.28. The van der Waals surface area contributed by atoms with Crippen LogP contribution in [-0.4, -0.2) is 32.8 Å². The molecule has 0 saturated carbocycles. The van der Waals surface area contributed by atoms with Gasteiger partial charge in [0.05, 0.1) is 5.25 Å². The fourth-order valence-corrected chi connectivity index (χ4v) is 3.37. The van der Waals surface area contributed by atoms with Crippen molar-refractivity contribution in [1.82, 2.24) is 10.0 Å². The third-order valence-electron chi connectivity index (χ3n) is 3.04. The third kappa shape index (κ3) is 3.74. The van der Waals surface area contributed by atoms with E-state index in [9.17, 15) is 8.42 Å². The molecule has 1 aliphatic rings. The highest BCUT2D eigenvalue weighted by molar-refractivity contribution is 7.90. The van der Waals surface area contributed by atoms with Gasteiger partial charge in [0.25, 0.3) is 0 Å². The van der Waals surface area contributed by atoms with Crippen molar-refractivity contribution in [2.24, 2.45) is 5.92 Å². The molecule has 0 aromatic carbocycles. The Morgan fingerprint density at radius 2 is 2.00 bits per heavy atom. The van der Waals surface area contributed by atoms with Crippen LogP contribution >= 0.6 is 0 Å². The van der Waals surface area contributed by atoms with Crippen LogP contribution in [0.2, 0.25) is 0 Å². The summed E-state index contributed by atoms with van der Waals surface area (Å²) < 4.78 is 26.7. The summed E-state index contributed by atoms with van der Waals surface area (Å²) in [7, 11) is -3.14. The zero-order valence-electron chi connectivity index (χ0n) is 9.79. The van der Waals surface area contributed by atoms with E-state index in [0.29, 0.717) is 12.5 Å². The smallest absolute Gasteiger partial charge is 0.215 e. The lowest BCUT2D eigenvalue weighted by Gasteiger charge is -2.26. The topological polar surface area (TPSA) is 58.2 Å². The Bertz CT molecular complexity index is 282. The first-order valence-electron chi connectivity index (χ1n) is 5.65. The highest BCUT2D eigenvalue weighted by atomic mass is 32.2. The molecule has 2 N–H and O–H groups in total. The van der Waals surface area contributed by atoms with E-state index in [-0.39, 0.29) is 11.3 Å². The number of rotatable bonds is 4. The molecule has 2 atom stereocenters. The van der Waals surface area contributed by atoms with Gasteiger partial charge in [0, 0.05) is 12.6 Å². The molecule has 15 heavy (non-hydrogen) atoms. The summed E-state index contributed by atoms with van der Waals surface area (Å²) in [5.41, 5.74) is 0. The van der Waals surface area contributed by atoms with Crippen LogP contribution < -0.4 is 10.0 Å². The van der Waals surface area contributed by atoms with Gasteiger partial charge in [-0.15, -0.1) is 0 Å². The molecule has 1 fully saturated rings. The van der Waals surface area contributed by atoms with Gasteiger partial charge >= 0.3 is 0 Å². The van der Waals surface area contributed by atoms with Gasteiger partial charge in [-0.2, -0.15) is 0 Å². The molecule has 0 amide bonds. The lowest BCUT2D eigenvalue weighted by Crippen LogP contribution is -2.47. The maximum atomic E-state index is 11.9. The quantitative estimate of drug-likeness (QED) is 0.753. The van der Waals surface area contributed by atoms with E-state index in [0.717, 1.165) is 19.4 Å². The van der Waals surface area contributed by atoms with Crippen LogP contribution in [0.15, 0.2) is 0 Å². The Kier molecular flexibility index (Phi) is 4.55. The van der Waals surface area contributed by atoms with Crippen LogP contribution in [0.3, 0.4) is 0 Å². The molecule has 5 heteroatoms. The van der Waals surface area contributed by atoms with Crippen molar-refractivity contribution < 1.29 is 8.42 Å². The minimum Gasteiger partial charge on any atom is -0.315 e. The average Bonchev–Trinajstić information content (AvgIpc) is 2.18. The maximum absolute atomic E-state index is 11.9. The number of hydrogen-bond acceptors (Lipinski definition) is 3. The molecule has 0 aromatic rings. The Labute approximate surface area is 92.9 Å². The van der Waals surface area contributed by atoms with Crippen molar-refractivity contribution in [2.45, 2.75) is 44.9 Å². The van der Waals surface area contributed by atoms with Crippen molar-refractivity contribution in [3.8, 4) is 0 Å². The van der Waals surface area contributed by atoms with Crippen LogP contribution in [0.25, 0.3) is 0 Å². The molecule has 1 saturated heterocycles. The lowest BCUT2D eigenvalue weighted by atomic mass is 10.1. The molecular formula is C10H22N2O2S. The van der Waals surface area contributed by atoms with Gasteiger partial charge in [-0.3, -0.25) is 0 Å². The van der Waals surface area contributed by atoms with Crippen molar-refractivity contribution >= 4 is 10.0 Å². The molecule has 2 unspecified atom stereocenters. The molecule has 0 radical (unpaired) electrons. The first-order valence-corrected chi connectivity index (χ1v) is 7.20. The fourth-order valence-electron chi connectivity index (χ4n) is 1.58. The average molecular weight is 234 g/mol. The van der Waals surface area contributed by atoms with Crippen molar-refractivity contribution in [2.75, 3.05) is 13.1 Å². The summed E-state index contributed by atoms with van der Waals surface area (Å²) in [5.74, 6) is 0.330. The molecule has 0 aromatic heterocycles. The molecule has 0 aliphatic carbocycles. The van der Waals surface area contributed by atoms with Crippen LogP contribution in [0.4, 0.5) is 0 Å². The summed E-state index contributed by atoms with van der Waals surface area (Å²) in [6.07, 6.45) is 1.72. The molecule has 0 spiro atoms. The second-order valence-electron chi connectivity index (χ2n) is 4.66. The Morgan fingerprint density at radius 3 is 2.47 bits per heavy atom. The summed E-state index contributed by atoms with van der Waals surface area (Å²) in [6.45, 7) is 7.48. The summed E-state index contributed by atoms with van der Waals surface area (Å²) in [6, 6.07) is 0.0110. The molecular weight excluding hydrogens is 212 g/mol. The number of nitrogens with one attached hydrogen (secondary N) is 2. The highest BCUT2D eigenvalue weighted by Crippen LogP contribution is 2.12. The Hall–Kier alpha value is -0.130. The van der Waals surface area contributed by atoms with E-state index in [4.69, 9.17) is 0 Å². The summed E-state index contributed by atoms with van der Waals surface area (Å²) in [5, 5.41) is 2.87. The van der Waals surface area contributed by atoms with E-state index >= 15 is 0 Å². The van der Waals surface area contributed by atoms with Crippen molar-refractivity contribution in [3.05, 3.63) is 0 Å². The third-order valence-corrected chi connectivity index (χ3v) is 5.02. The summed E-state index contributed by atoms with van der Waals surface area (Å²) >= 11 is 0. The SMILES string of the molecule is CC(C)C(C)NS(=O)(=O)C1CCCNC1. The van der Waals surface area contributed by atoms with Gasteiger partial charge in [0.15, 0.2) is 0 Å². The van der Waals surface area contributed by atoms with E-state index in [1.807, 2.05) is 20.8 Å². The minimum absolute atomic E-state index is 0.0110. The van der Waals surface area contributed by atoms with Crippen LogP contribution in [-0.2, 0) is 10.0 Å². The van der Waals surface area contributed by atoms with E-state index in [2.05, 4.69) is 10.0 Å². The van der Waals surface area contributed by atoms with Gasteiger partial charge < -0.3 is 5.32 Å². The monoisotopic (exact) mass is 234 g/mol. The Balaban J connectivity index is 2.57. The molecule has 0 bridgehead atoms. The fraction of sp³-hybridized carbons (Fsp3) is 1.00. The second kappa shape index (κ2) is 5.27. The predicted molar refractivity (Wildman–Crippen MR) is 62.2 cm³/mol. The largest absolute Gasteiger partial charge is 0.315 e. The number of piperidine rings is 1. The van der Waals surface area contributed by atoms with Crippen LogP contribution in [0.1, 0.15) is 33.6 Å².